The van der Waals surface area contributed by atoms with E-state index in [2.05, 4.69) is 21.3 Å². The zero-order valence-corrected chi connectivity index (χ0v) is 39.8. The summed E-state index contributed by atoms with van der Waals surface area (Å²) in [6.07, 6.45) is -1.11. The number of hydrogen-bond acceptors (Lipinski definition) is 8. The average molecular weight is 935 g/mol. The first-order valence-corrected chi connectivity index (χ1v) is 22.8. The van der Waals surface area contributed by atoms with Gasteiger partial charge >= 0.3 is 12.2 Å². The summed E-state index contributed by atoms with van der Waals surface area (Å²) in [5.41, 5.74) is 5.71. The minimum atomic E-state index is -0.639. The van der Waals surface area contributed by atoms with Gasteiger partial charge in [0.15, 0.2) is 13.2 Å². The monoisotopic (exact) mass is 934 g/mol. The van der Waals surface area contributed by atoms with E-state index in [0.717, 1.165) is 43.8 Å². The van der Waals surface area contributed by atoms with Gasteiger partial charge in [0.25, 0.3) is 11.8 Å². The molecule has 0 heterocycles. The van der Waals surface area contributed by atoms with Gasteiger partial charge in [-0.1, -0.05) is 109 Å². The Balaban J connectivity index is 0.998. The van der Waals surface area contributed by atoms with E-state index in [-0.39, 0.29) is 25.0 Å². The molecular formula is C58H54N4O8. The number of amides is 4. The highest BCUT2D eigenvalue weighted by atomic mass is 16.6. The zero-order valence-electron chi connectivity index (χ0n) is 39.8. The minimum absolute atomic E-state index is 0.308. The SMILES string of the molecule is CC(C)(C)OC(=O)Nc1cccc(-c2cccc(NC(=O)COc3ccc4ccccc4c3-c3c(OCC(=O)Nc4cccc(-c5cccc(NC(=O)OC(C)(C)C)c5)c4)ccc4ccccc34)c2)c1. The normalized spacial score (nSPS) is 11.3. The predicted octanol–water partition coefficient (Wildman–Crippen LogP) is 13.7. The van der Waals surface area contributed by atoms with Gasteiger partial charge in [-0.15, -0.1) is 0 Å². The van der Waals surface area contributed by atoms with Crippen molar-refractivity contribution < 1.29 is 38.1 Å². The fraction of sp³-hybridized carbons (Fsp3) is 0.172. The fourth-order valence-corrected chi connectivity index (χ4v) is 7.89. The van der Waals surface area contributed by atoms with Crippen LogP contribution < -0.4 is 30.7 Å². The highest BCUT2D eigenvalue weighted by Crippen LogP contribution is 2.45. The van der Waals surface area contributed by atoms with Crippen molar-refractivity contribution in [1.82, 2.24) is 0 Å². The molecule has 4 N–H and O–H groups in total. The summed E-state index contributed by atoms with van der Waals surface area (Å²) in [6.45, 7) is 10.2. The van der Waals surface area contributed by atoms with Crippen LogP contribution in [0.5, 0.6) is 11.5 Å². The summed E-state index contributed by atoms with van der Waals surface area (Å²) in [6, 6.07) is 52.9. The van der Waals surface area contributed by atoms with E-state index in [1.807, 2.05) is 146 Å². The number of benzene rings is 8. The van der Waals surface area contributed by atoms with Crippen LogP contribution in [0, 0.1) is 0 Å². The third kappa shape index (κ3) is 12.5. The molecule has 0 atom stereocenters. The van der Waals surface area contributed by atoms with Crippen LogP contribution in [-0.4, -0.2) is 48.4 Å². The standard InChI is InChI=1S/C58H54N4O8/c1-57(2,3)69-55(65)61-45-23-13-19-41(33-45)39-17-11-21-43(31-39)59-51(63)35-67-49-29-27-37-15-7-9-25-47(37)53(49)54-48-26-10-8-16-38(48)28-30-50(54)68-36-52(64)60-44-22-12-18-40(32-44)42-20-14-24-46(34-42)62-56(66)70-58(4,5)6/h7-34H,35-36H2,1-6H3,(H,59,63)(H,60,64)(H,61,65)(H,62,66). The van der Waals surface area contributed by atoms with Crippen molar-refractivity contribution in [3.8, 4) is 44.9 Å². The second-order valence-electron chi connectivity index (χ2n) is 18.6. The Hall–Kier alpha value is -8.64. The number of anilines is 4. The molecule has 0 aliphatic heterocycles. The molecule has 8 rings (SSSR count). The van der Waals surface area contributed by atoms with Gasteiger partial charge in [0, 0.05) is 33.9 Å². The maximum absolute atomic E-state index is 13.7. The smallest absolute Gasteiger partial charge is 0.412 e. The molecule has 0 saturated heterocycles. The molecular weight excluding hydrogens is 881 g/mol. The summed E-state index contributed by atoms with van der Waals surface area (Å²) in [5, 5.41) is 15.1. The highest BCUT2D eigenvalue weighted by molar-refractivity contribution is 6.10. The Bertz CT molecular complexity index is 3030. The average Bonchev–Trinajstić information content (AvgIpc) is 3.31. The number of fused-ring (bicyclic) bond motifs is 2. The number of rotatable bonds is 13. The van der Waals surface area contributed by atoms with Crippen molar-refractivity contribution in [2.75, 3.05) is 34.5 Å². The molecule has 8 aromatic carbocycles. The van der Waals surface area contributed by atoms with Crippen LogP contribution in [0.1, 0.15) is 41.5 Å². The van der Waals surface area contributed by atoms with E-state index in [1.54, 1.807) is 65.8 Å². The van der Waals surface area contributed by atoms with Crippen molar-refractivity contribution >= 4 is 68.3 Å². The van der Waals surface area contributed by atoms with Crippen molar-refractivity contribution in [2.24, 2.45) is 0 Å². The zero-order chi connectivity index (χ0) is 49.4. The highest BCUT2D eigenvalue weighted by Gasteiger charge is 2.22. The Morgan fingerprint density at radius 3 is 1.06 bits per heavy atom. The van der Waals surface area contributed by atoms with E-state index in [9.17, 15) is 19.2 Å². The van der Waals surface area contributed by atoms with Gasteiger partial charge in [0.1, 0.15) is 22.7 Å². The lowest BCUT2D eigenvalue weighted by molar-refractivity contribution is -0.118. The number of hydrogen-bond donors (Lipinski definition) is 4. The van der Waals surface area contributed by atoms with Gasteiger partial charge in [0.2, 0.25) is 0 Å². The molecule has 8 aromatic rings. The van der Waals surface area contributed by atoms with Crippen LogP contribution in [0.15, 0.2) is 170 Å². The van der Waals surface area contributed by atoms with E-state index in [0.29, 0.717) is 45.4 Å². The summed E-state index contributed by atoms with van der Waals surface area (Å²) in [4.78, 5) is 52.2. The lowest BCUT2D eigenvalue weighted by Gasteiger charge is -2.20. The lowest BCUT2D eigenvalue weighted by Crippen LogP contribution is -2.27. The third-order valence-electron chi connectivity index (χ3n) is 10.7. The van der Waals surface area contributed by atoms with Crippen LogP contribution in [0.25, 0.3) is 54.9 Å². The number of carbonyl (C=O) groups excluding carboxylic acids is 4. The number of ether oxygens (including phenoxy) is 4. The Labute approximate surface area is 406 Å². The van der Waals surface area contributed by atoms with Gasteiger partial charge in [-0.3, -0.25) is 20.2 Å². The van der Waals surface area contributed by atoms with Gasteiger partial charge in [0.05, 0.1) is 0 Å². The van der Waals surface area contributed by atoms with Gasteiger partial charge < -0.3 is 29.6 Å². The number of carbonyl (C=O) groups is 4. The molecule has 0 bridgehead atoms. The quantitative estimate of drug-likeness (QED) is 0.0891. The molecule has 0 spiro atoms. The largest absolute Gasteiger partial charge is 0.483 e. The molecule has 70 heavy (non-hydrogen) atoms. The first-order valence-electron chi connectivity index (χ1n) is 22.8. The van der Waals surface area contributed by atoms with E-state index < -0.39 is 23.4 Å². The van der Waals surface area contributed by atoms with Crippen LogP contribution in [0.2, 0.25) is 0 Å². The van der Waals surface area contributed by atoms with Crippen LogP contribution in [0.3, 0.4) is 0 Å². The summed E-state index contributed by atoms with van der Waals surface area (Å²) in [5.74, 6) is 0.142. The first-order chi connectivity index (χ1) is 33.5. The van der Waals surface area contributed by atoms with Crippen molar-refractivity contribution in [3.63, 3.8) is 0 Å². The molecule has 354 valence electrons. The third-order valence-corrected chi connectivity index (χ3v) is 10.7. The van der Waals surface area contributed by atoms with Crippen molar-refractivity contribution in [2.45, 2.75) is 52.7 Å². The lowest BCUT2D eigenvalue weighted by atomic mass is 9.92. The topological polar surface area (TPSA) is 153 Å². The molecule has 0 aliphatic rings. The maximum Gasteiger partial charge on any atom is 0.412 e. The van der Waals surface area contributed by atoms with E-state index in [1.165, 1.54) is 0 Å². The molecule has 0 aromatic heterocycles. The molecule has 0 aliphatic carbocycles. The van der Waals surface area contributed by atoms with Gasteiger partial charge in [-0.05, 0) is 146 Å². The Morgan fingerprint density at radius 1 is 0.386 bits per heavy atom. The second-order valence-corrected chi connectivity index (χ2v) is 18.6. The minimum Gasteiger partial charge on any atom is -0.483 e. The van der Waals surface area contributed by atoms with Crippen LogP contribution >= 0.6 is 0 Å². The van der Waals surface area contributed by atoms with Gasteiger partial charge in [-0.2, -0.15) is 0 Å². The Kier molecular flexibility index (Phi) is 14.1. The molecule has 0 unspecified atom stereocenters. The van der Waals surface area contributed by atoms with Crippen molar-refractivity contribution in [3.05, 3.63) is 170 Å². The number of nitrogens with one attached hydrogen (secondary N) is 4. The first kappa shape index (κ1) is 47.8. The summed E-state index contributed by atoms with van der Waals surface area (Å²) < 4.78 is 23.6. The molecule has 0 saturated carbocycles. The van der Waals surface area contributed by atoms with E-state index in [4.69, 9.17) is 18.9 Å². The van der Waals surface area contributed by atoms with Crippen LogP contribution in [-0.2, 0) is 19.1 Å². The fourth-order valence-electron chi connectivity index (χ4n) is 7.89. The molecule has 12 nitrogen and oxygen atoms in total. The maximum atomic E-state index is 13.7. The molecule has 0 radical (unpaired) electrons. The Morgan fingerprint density at radius 2 is 0.714 bits per heavy atom. The molecule has 4 amide bonds. The predicted molar refractivity (Wildman–Crippen MR) is 279 cm³/mol. The van der Waals surface area contributed by atoms with Crippen molar-refractivity contribution in [1.29, 1.82) is 0 Å². The molecule has 12 heteroatoms. The van der Waals surface area contributed by atoms with E-state index >= 15 is 0 Å². The summed E-state index contributed by atoms with van der Waals surface area (Å²) >= 11 is 0. The second kappa shape index (κ2) is 20.7. The summed E-state index contributed by atoms with van der Waals surface area (Å²) in [7, 11) is 0. The van der Waals surface area contributed by atoms with Gasteiger partial charge in [-0.25, -0.2) is 9.59 Å². The van der Waals surface area contributed by atoms with Crippen LogP contribution in [0.4, 0.5) is 32.3 Å². The molecule has 0 fully saturated rings.